The van der Waals surface area contributed by atoms with Crippen molar-refractivity contribution in [1.82, 2.24) is 5.43 Å². The lowest BCUT2D eigenvalue weighted by molar-refractivity contribution is 0.399. The van der Waals surface area contributed by atoms with Crippen LogP contribution in [0.5, 0.6) is 0 Å². The molecule has 2 aliphatic carbocycles. The fraction of sp³-hybridized carbons (Fsp3) is 0.647. The first-order valence-corrected chi connectivity index (χ1v) is 7.93. The van der Waals surface area contributed by atoms with E-state index in [4.69, 9.17) is 5.84 Å². The molecule has 104 valence electrons. The smallest absolute Gasteiger partial charge is 0.0462 e. The molecule has 3 rings (SSSR count). The molecular weight excluding hydrogens is 232 g/mol. The van der Waals surface area contributed by atoms with Gasteiger partial charge in [-0.25, -0.2) is 0 Å². The van der Waals surface area contributed by atoms with Gasteiger partial charge in [0.15, 0.2) is 0 Å². The Balaban J connectivity index is 1.64. The van der Waals surface area contributed by atoms with Crippen LogP contribution in [-0.2, 0) is 0 Å². The third kappa shape index (κ3) is 3.01. The van der Waals surface area contributed by atoms with Gasteiger partial charge in [0.1, 0.15) is 0 Å². The Morgan fingerprint density at radius 3 is 2.21 bits per heavy atom. The standard InChI is InChI=1S/C17H26N2/c18-19-17(12-13-4-1-2-5-13)16-10-8-15(9-11-16)14-6-3-7-14/h8-11,13-14,17,19H,1-7,12,18H2. The summed E-state index contributed by atoms with van der Waals surface area (Å²) in [6.07, 6.45) is 10.9. The average molecular weight is 258 g/mol. The van der Waals surface area contributed by atoms with Crippen LogP contribution in [0.3, 0.4) is 0 Å². The van der Waals surface area contributed by atoms with Crippen molar-refractivity contribution in [3.05, 3.63) is 35.4 Å². The normalized spacial score (nSPS) is 22.4. The van der Waals surface area contributed by atoms with Crippen LogP contribution in [0.1, 0.15) is 74.5 Å². The van der Waals surface area contributed by atoms with Crippen molar-refractivity contribution in [2.45, 2.75) is 63.3 Å². The minimum Gasteiger partial charge on any atom is -0.271 e. The van der Waals surface area contributed by atoms with Gasteiger partial charge in [-0.3, -0.25) is 11.3 Å². The van der Waals surface area contributed by atoms with Gasteiger partial charge in [-0.2, -0.15) is 0 Å². The Kier molecular flexibility index (Phi) is 4.19. The Bertz CT molecular complexity index is 388. The molecule has 2 saturated carbocycles. The van der Waals surface area contributed by atoms with E-state index in [0.29, 0.717) is 6.04 Å². The molecule has 0 amide bonds. The Labute approximate surface area is 116 Å². The van der Waals surface area contributed by atoms with Gasteiger partial charge >= 0.3 is 0 Å². The van der Waals surface area contributed by atoms with Crippen LogP contribution in [-0.4, -0.2) is 0 Å². The van der Waals surface area contributed by atoms with Crippen molar-refractivity contribution >= 4 is 0 Å². The number of nitrogens with two attached hydrogens (primary N) is 1. The average Bonchev–Trinajstić information content (AvgIpc) is 2.88. The Morgan fingerprint density at radius 1 is 1.00 bits per heavy atom. The second kappa shape index (κ2) is 6.06. The first kappa shape index (κ1) is 13.1. The van der Waals surface area contributed by atoms with Crippen molar-refractivity contribution in [1.29, 1.82) is 0 Å². The first-order valence-electron chi connectivity index (χ1n) is 7.93. The second-order valence-electron chi connectivity index (χ2n) is 6.40. The van der Waals surface area contributed by atoms with Crippen LogP contribution in [0.25, 0.3) is 0 Å². The summed E-state index contributed by atoms with van der Waals surface area (Å²) in [7, 11) is 0. The van der Waals surface area contributed by atoms with Crippen molar-refractivity contribution in [2.75, 3.05) is 0 Å². The summed E-state index contributed by atoms with van der Waals surface area (Å²) >= 11 is 0. The van der Waals surface area contributed by atoms with E-state index in [0.717, 1.165) is 11.8 Å². The van der Waals surface area contributed by atoms with E-state index in [2.05, 4.69) is 29.7 Å². The maximum atomic E-state index is 5.77. The second-order valence-corrected chi connectivity index (χ2v) is 6.40. The van der Waals surface area contributed by atoms with Crippen LogP contribution >= 0.6 is 0 Å². The molecule has 19 heavy (non-hydrogen) atoms. The van der Waals surface area contributed by atoms with Gasteiger partial charge in [-0.05, 0) is 42.2 Å². The van der Waals surface area contributed by atoms with Gasteiger partial charge in [-0.15, -0.1) is 0 Å². The molecule has 2 heteroatoms. The van der Waals surface area contributed by atoms with E-state index in [-0.39, 0.29) is 0 Å². The molecule has 2 nitrogen and oxygen atoms in total. The van der Waals surface area contributed by atoms with Gasteiger partial charge in [0, 0.05) is 6.04 Å². The summed E-state index contributed by atoms with van der Waals surface area (Å²) in [5.41, 5.74) is 5.90. The zero-order valence-corrected chi connectivity index (χ0v) is 11.8. The molecule has 0 radical (unpaired) electrons. The van der Waals surface area contributed by atoms with E-state index in [1.165, 1.54) is 62.5 Å². The van der Waals surface area contributed by atoms with Crippen LogP contribution < -0.4 is 11.3 Å². The predicted molar refractivity (Wildman–Crippen MR) is 79.7 cm³/mol. The highest BCUT2D eigenvalue weighted by molar-refractivity contribution is 5.28. The van der Waals surface area contributed by atoms with E-state index >= 15 is 0 Å². The maximum absolute atomic E-state index is 5.77. The number of hydrazine groups is 1. The van der Waals surface area contributed by atoms with Crippen molar-refractivity contribution in [3.63, 3.8) is 0 Å². The van der Waals surface area contributed by atoms with E-state index in [1.807, 2.05) is 0 Å². The third-order valence-electron chi connectivity index (χ3n) is 5.16. The predicted octanol–water partition coefficient (Wildman–Crippen LogP) is 4.04. The number of hydrogen-bond donors (Lipinski definition) is 2. The summed E-state index contributed by atoms with van der Waals surface area (Å²) in [6, 6.07) is 9.54. The summed E-state index contributed by atoms with van der Waals surface area (Å²) < 4.78 is 0. The molecule has 0 aromatic heterocycles. The van der Waals surface area contributed by atoms with Crippen LogP contribution in [0, 0.1) is 5.92 Å². The highest BCUT2D eigenvalue weighted by atomic mass is 15.2. The van der Waals surface area contributed by atoms with E-state index in [1.54, 1.807) is 0 Å². The van der Waals surface area contributed by atoms with Gasteiger partial charge in [0.2, 0.25) is 0 Å². The monoisotopic (exact) mass is 258 g/mol. The minimum atomic E-state index is 0.332. The summed E-state index contributed by atoms with van der Waals surface area (Å²) in [4.78, 5) is 0. The Hall–Kier alpha value is -0.860. The van der Waals surface area contributed by atoms with Crippen LogP contribution in [0.15, 0.2) is 24.3 Å². The minimum absolute atomic E-state index is 0.332. The molecule has 0 heterocycles. The summed E-state index contributed by atoms with van der Waals surface area (Å²) in [6.45, 7) is 0. The Morgan fingerprint density at radius 2 is 1.68 bits per heavy atom. The number of benzene rings is 1. The van der Waals surface area contributed by atoms with Crippen molar-refractivity contribution in [2.24, 2.45) is 11.8 Å². The zero-order chi connectivity index (χ0) is 13.1. The molecule has 0 aliphatic heterocycles. The molecule has 0 bridgehead atoms. The molecule has 2 fully saturated rings. The van der Waals surface area contributed by atoms with Crippen LogP contribution in [0.2, 0.25) is 0 Å². The van der Waals surface area contributed by atoms with Gasteiger partial charge < -0.3 is 0 Å². The molecule has 1 atom stereocenters. The molecular formula is C17H26N2. The van der Waals surface area contributed by atoms with Crippen LogP contribution in [0.4, 0.5) is 0 Å². The summed E-state index contributed by atoms with van der Waals surface area (Å²) in [5, 5.41) is 0. The molecule has 2 aliphatic rings. The highest BCUT2D eigenvalue weighted by Gasteiger charge is 2.22. The van der Waals surface area contributed by atoms with Crippen molar-refractivity contribution in [3.8, 4) is 0 Å². The van der Waals surface area contributed by atoms with Gasteiger partial charge in [0.25, 0.3) is 0 Å². The number of nitrogens with one attached hydrogen (secondary N) is 1. The lowest BCUT2D eigenvalue weighted by Gasteiger charge is -2.26. The van der Waals surface area contributed by atoms with E-state index < -0.39 is 0 Å². The lowest BCUT2D eigenvalue weighted by Crippen LogP contribution is -2.29. The SMILES string of the molecule is NNC(CC1CCCC1)c1ccc(C2CCC2)cc1. The first-order chi connectivity index (χ1) is 9.36. The topological polar surface area (TPSA) is 38.0 Å². The van der Waals surface area contributed by atoms with Crippen molar-refractivity contribution < 1.29 is 0 Å². The largest absolute Gasteiger partial charge is 0.271 e. The maximum Gasteiger partial charge on any atom is 0.0462 e. The number of rotatable bonds is 5. The lowest BCUT2D eigenvalue weighted by atomic mass is 9.79. The van der Waals surface area contributed by atoms with Gasteiger partial charge in [0.05, 0.1) is 0 Å². The molecule has 1 aromatic carbocycles. The fourth-order valence-electron chi connectivity index (χ4n) is 3.62. The van der Waals surface area contributed by atoms with Gasteiger partial charge in [-0.1, -0.05) is 56.4 Å². The molecule has 0 spiro atoms. The quantitative estimate of drug-likeness (QED) is 0.618. The molecule has 0 saturated heterocycles. The van der Waals surface area contributed by atoms with E-state index in [9.17, 15) is 0 Å². The number of hydrogen-bond acceptors (Lipinski definition) is 2. The zero-order valence-electron chi connectivity index (χ0n) is 11.8. The highest BCUT2D eigenvalue weighted by Crippen LogP contribution is 2.37. The molecule has 1 aromatic rings. The third-order valence-corrected chi connectivity index (χ3v) is 5.16. The summed E-state index contributed by atoms with van der Waals surface area (Å²) in [5.74, 6) is 7.46. The molecule has 1 unspecified atom stereocenters. The fourth-order valence-corrected chi connectivity index (χ4v) is 3.62. The molecule has 3 N–H and O–H groups in total.